The Morgan fingerprint density at radius 1 is 0.939 bits per heavy atom. The number of ether oxygens (including phenoxy) is 1. The van der Waals surface area contributed by atoms with Gasteiger partial charge in [-0.2, -0.15) is 0 Å². The summed E-state index contributed by atoms with van der Waals surface area (Å²) in [6.45, 7) is 12.1. The van der Waals surface area contributed by atoms with Gasteiger partial charge in [0.2, 0.25) is 5.91 Å². The molecule has 49 heavy (non-hydrogen) atoms. The smallest absolute Gasteiger partial charge is 0.326 e. The number of allylic oxidation sites excluding steroid dienone is 1. The van der Waals surface area contributed by atoms with E-state index in [2.05, 4.69) is 46.0 Å². The van der Waals surface area contributed by atoms with E-state index in [4.69, 9.17) is 21.3 Å². The normalized spacial score (nSPS) is 36.3. The molecule has 7 N–H and O–H groups in total. The Kier molecular flexibility index (Phi) is 15.9. The molecule has 1 unspecified atom stereocenters. The number of carbonyl (C=O) groups is 3. The van der Waals surface area contributed by atoms with Crippen molar-refractivity contribution in [3.63, 3.8) is 0 Å². The maximum atomic E-state index is 12.3. The average Bonchev–Trinajstić information content (AvgIpc) is 3.38. The first kappa shape index (κ1) is 42.1. The topological polar surface area (TPSA) is 165 Å². The first-order valence-electron chi connectivity index (χ1n) is 19.2. The molecular weight excluding hydrogens is 802 g/mol. The number of nitrogens with one attached hydrogen (secondary N) is 1. The minimum absolute atomic E-state index is 0. The largest absolute Gasteiger partial charge is 0.481 e. The predicted molar refractivity (Wildman–Crippen MR) is 189 cm³/mol. The Bertz CT molecular complexity index is 1140. The number of carbonyl (C=O) groups excluding carboxylic acids is 1. The van der Waals surface area contributed by atoms with E-state index in [9.17, 15) is 19.5 Å². The van der Waals surface area contributed by atoms with Gasteiger partial charge in [-0.1, -0.05) is 78.4 Å². The average molecular weight is 869 g/mol. The number of hydrogen-bond donors (Lipinski definition) is 5. The standard InChI is InChI=1S/C33H53NO6.C6H14N2.Pt/c1-20(2)7-6-8-21(3)25-11-12-26-24-10-9-22-17-23(13-15-32(22,4)27(24)14-16-33(25,26)5)40-19-29(35)34-28(31(38)39)18-30(36)37;7-5-3-1-2-4-6(5)8;/h9,20-21,23-28H,6-8,10-19H2,1-5H3,(H,34,35)(H,36,37)(H,38,39);5-6H,1-4,7-8H2;/t21-,23+,24+,25-,26+,27+,28?,32+,33-;5-,6-;/m11./s1. The summed E-state index contributed by atoms with van der Waals surface area (Å²) in [5.41, 5.74) is 13.5. The van der Waals surface area contributed by atoms with E-state index < -0.39 is 30.3 Å². The number of amides is 1. The van der Waals surface area contributed by atoms with Gasteiger partial charge >= 0.3 is 11.9 Å². The van der Waals surface area contributed by atoms with Gasteiger partial charge in [0.05, 0.1) is 12.5 Å². The summed E-state index contributed by atoms with van der Waals surface area (Å²) in [5, 5.41) is 20.4. The van der Waals surface area contributed by atoms with Gasteiger partial charge in [0, 0.05) is 33.1 Å². The molecule has 0 spiro atoms. The zero-order valence-electron chi connectivity index (χ0n) is 30.9. The maximum absolute atomic E-state index is 12.3. The number of carboxylic acid groups (broad SMARTS) is 2. The molecule has 0 aromatic carbocycles. The monoisotopic (exact) mass is 868 g/mol. The van der Waals surface area contributed by atoms with Crippen molar-refractivity contribution >= 4 is 17.8 Å². The minimum Gasteiger partial charge on any atom is -0.481 e. The molecule has 4 fully saturated rings. The zero-order valence-corrected chi connectivity index (χ0v) is 33.1. The molecule has 0 aromatic heterocycles. The van der Waals surface area contributed by atoms with E-state index >= 15 is 0 Å². The molecule has 0 saturated heterocycles. The summed E-state index contributed by atoms with van der Waals surface area (Å²) in [6.07, 6.45) is 20.0. The quantitative estimate of drug-likeness (QED) is 0.136. The number of hydrogen-bond acceptors (Lipinski definition) is 6. The Morgan fingerprint density at radius 2 is 1.61 bits per heavy atom. The van der Waals surface area contributed by atoms with Gasteiger partial charge in [-0.25, -0.2) is 4.79 Å². The molecule has 5 aliphatic carbocycles. The van der Waals surface area contributed by atoms with Gasteiger partial charge in [-0.05, 0) is 111 Å². The van der Waals surface area contributed by atoms with Crippen molar-refractivity contribution < 1.29 is 50.4 Å². The van der Waals surface area contributed by atoms with Crippen LogP contribution in [0.2, 0.25) is 0 Å². The molecule has 1 amide bonds. The minimum atomic E-state index is -1.45. The second kappa shape index (κ2) is 18.5. The van der Waals surface area contributed by atoms with E-state index in [1.165, 1.54) is 63.4 Å². The molecule has 4 saturated carbocycles. The number of fused-ring (bicyclic) bond motifs is 5. The zero-order chi connectivity index (χ0) is 35.2. The Labute approximate surface area is 310 Å². The fourth-order valence-corrected chi connectivity index (χ4v) is 10.8. The summed E-state index contributed by atoms with van der Waals surface area (Å²) < 4.78 is 5.94. The van der Waals surface area contributed by atoms with Gasteiger partial charge in [-0.3, -0.25) is 9.59 Å². The van der Waals surface area contributed by atoms with E-state index in [1.54, 1.807) is 0 Å². The second-order valence-corrected chi connectivity index (χ2v) is 17.1. The third-order valence-corrected chi connectivity index (χ3v) is 13.6. The van der Waals surface area contributed by atoms with Crippen molar-refractivity contribution in [2.45, 2.75) is 162 Å². The summed E-state index contributed by atoms with van der Waals surface area (Å²) in [5.74, 6) is 1.57. The van der Waals surface area contributed by atoms with E-state index in [1.807, 2.05) is 0 Å². The fourth-order valence-electron chi connectivity index (χ4n) is 10.8. The van der Waals surface area contributed by atoms with Crippen LogP contribution in [0.5, 0.6) is 0 Å². The molecule has 5 rings (SSSR count). The third kappa shape index (κ3) is 10.4. The van der Waals surface area contributed by atoms with Gasteiger partial charge in [-0.15, -0.1) is 0 Å². The Morgan fingerprint density at radius 3 is 2.20 bits per heavy atom. The van der Waals surface area contributed by atoms with Gasteiger partial charge in [0.1, 0.15) is 12.6 Å². The van der Waals surface area contributed by atoms with Gasteiger partial charge in [0.25, 0.3) is 0 Å². The summed E-state index contributed by atoms with van der Waals surface area (Å²) in [7, 11) is 0. The number of nitrogens with two attached hydrogens (primary N) is 2. The van der Waals surface area contributed by atoms with Gasteiger partial charge in [0.15, 0.2) is 0 Å². The molecule has 0 radical (unpaired) electrons. The van der Waals surface area contributed by atoms with Crippen molar-refractivity contribution in [3.05, 3.63) is 11.6 Å². The predicted octanol–water partition coefficient (Wildman–Crippen LogP) is 6.67. The van der Waals surface area contributed by atoms with Crippen molar-refractivity contribution in [3.8, 4) is 0 Å². The van der Waals surface area contributed by atoms with Crippen LogP contribution in [0, 0.1) is 46.3 Å². The molecule has 0 aromatic rings. The molecule has 5 aliphatic rings. The van der Waals surface area contributed by atoms with E-state index in [0.717, 1.165) is 74.0 Å². The molecule has 284 valence electrons. The third-order valence-electron chi connectivity index (χ3n) is 13.6. The molecular formula is C39H67N3O6Pt. The Balaban J connectivity index is 0.000000634. The number of carboxylic acids is 2. The first-order valence-corrected chi connectivity index (χ1v) is 19.2. The summed E-state index contributed by atoms with van der Waals surface area (Å²) >= 11 is 0. The molecule has 10 heteroatoms. The van der Waals surface area contributed by atoms with Crippen LogP contribution < -0.4 is 16.8 Å². The van der Waals surface area contributed by atoms with Crippen LogP contribution in [0.3, 0.4) is 0 Å². The molecule has 0 aliphatic heterocycles. The second-order valence-electron chi connectivity index (χ2n) is 17.1. The van der Waals surface area contributed by atoms with Crippen LogP contribution in [0.4, 0.5) is 0 Å². The molecule has 11 atom stereocenters. The maximum Gasteiger partial charge on any atom is 0.326 e. The summed E-state index contributed by atoms with van der Waals surface area (Å²) in [6, 6.07) is -0.885. The van der Waals surface area contributed by atoms with Crippen molar-refractivity contribution in [2.24, 2.45) is 57.8 Å². The van der Waals surface area contributed by atoms with Crippen molar-refractivity contribution in [1.29, 1.82) is 0 Å². The summed E-state index contributed by atoms with van der Waals surface area (Å²) in [4.78, 5) is 34.5. The number of rotatable bonds is 12. The molecule has 0 heterocycles. The van der Waals surface area contributed by atoms with E-state index in [0.29, 0.717) is 5.41 Å². The SMILES string of the molecule is CC(C)CCC[C@@H](C)[C@H]1CC[C@H]2[C@@H]3CC=C4C[C@@H](OCC(=O)NC(CC(=O)O)C(=O)O)CC[C@]4(C)[C@H]3CC[C@]12C.N[C@@H]1CCCC[C@H]1N.[Pt]. The molecule has 9 nitrogen and oxygen atoms in total. The Hall–Kier alpha value is -1.28. The first-order chi connectivity index (χ1) is 22.7. The van der Waals surface area contributed by atoms with Crippen LogP contribution in [0.1, 0.15) is 137 Å². The van der Waals surface area contributed by atoms with E-state index in [-0.39, 0.29) is 51.3 Å². The van der Waals surface area contributed by atoms with Crippen molar-refractivity contribution in [1.82, 2.24) is 5.32 Å². The van der Waals surface area contributed by atoms with Crippen LogP contribution in [0.15, 0.2) is 11.6 Å². The van der Waals surface area contributed by atoms with Gasteiger partial charge < -0.3 is 31.7 Å². The fraction of sp³-hybridized carbons (Fsp3) is 0.872. The van der Waals surface area contributed by atoms with Crippen LogP contribution in [-0.2, 0) is 40.2 Å². The number of aliphatic carboxylic acids is 2. The van der Waals surface area contributed by atoms with Crippen molar-refractivity contribution in [2.75, 3.05) is 6.61 Å². The molecule has 0 bridgehead atoms. The van der Waals surface area contributed by atoms with Crippen LogP contribution in [-0.4, -0.2) is 58.9 Å². The van der Waals surface area contributed by atoms with Crippen LogP contribution in [0.25, 0.3) is 0 Å². The van der Waals surface area contributed by atoms with Crippen LogP contribution >= 0.6 is 0 Å².